The summed E-state index contributed by atoms with van der Waals surface area (Å²) >= 11 is 0. The smallest absolute Gasteiger partial charge is 0.251 e. The van der Waals surface area contributed by atoms with Crippen molar-refractivity contribution in [3.63, 3.8) is 0 Å². The van der Waals surface area contributed by atoms with E-state index in [2.05, 4.69) is 10.4 Å². The van der Waals surface area contributed by atoms with Crippen molar-refractivity contribution in [3.05, 3.63) is 83.7 Å². The van der Waals surface area contributed by atoms with Crippen LogP contribution in [0.1, 0.15) is 21.5 Å². The van der Waals surface area contributed by atoms with Gasteiger partial charge in [0.2, 0.25) is 0 Å². The Morgan fingerprint density at radius 2 is 2.00 bits per heavy atom. The van der Waals surface area contributed by atoms with E-state index >= 15 is 0 Å². The Morgan fingerprint density at radius 3 is 2.72 bits per heavy atom. The molecule has 3 rings (SSSR count). The van der Waals surface area contributed by atoms with E-state index in [1.807, 2.05) is 72.4 Å². The monoisotopic (exact) mass is 335 g/mol. The van der Waals surface area contributed by atoms with Gasteiger partial charge in [-0.15, -0.1) is 0 Å². The fourth-order valence-corrected chi connectivity index (χ4v) is 2.48. The molecule has 0 radical (unpaired) electrons. The molecule has 1 aromatic heterocycles. The van der Waals surface area contributed by atoms with Crippen LogP contribution in [-0.2, 0) is 6.54 Å². The standard InChI is InChI=1S/C20H21N3O2/c1-16-4-2-5-19(14-16)25-13-11-21-20(24)18-8-6-17(7-9-18)15-23-12-3-10-22-23/h2-10,12,14H,11,13,15H2,1H3,(H,21,24). The van der Waals surface area contributed by atoms with Crippen LogP contribution in [0.15, 0.2) is 67.0 Å². The molecule has 0 aliphatic carbocycles. The molecule has 0 saturated heterocycles. The van der Waals surface area contributed by atoms with Gasteiger partial charge in [0.1, 0.15) is 12.4 Å². The number of aryl methyl sites for hydroxylation is 1. The normalized spacial score (nSPS) is 10.4. The lowest BCUT2D eigenvalue weighted by Crippen LogP contribution is -2.28. The van der Waals surface area contributed by atoms with Gasteiger partial charge in [-0.25, -0.2) is 0 Å². The third-order valence-corrected chi connectivity index (χ3v) is 3.77. The summed E-state index contributed by atoms with van der Waals surface area (Å²) in [6.45, 7) is 3.61. The van der Waals surface area contributed by atoms with Gasteiger partial charge in [0, 0.05) is 18.0 Å². The number of nitrogens with one attached hydrogen (secondary N) is 1. The van der Waals surface area contributed by atoms with Crippen LogP contribution in [0.5, 0.6) is 5.75 Å². The number of benzene rings is 2. The van der Waals surface area contributed by atoms with Gasteiger partial charge in [-0.3, -0.25) is 9.48 Å². The van der Waals surface area contributed by atoms with Crippen molar-refractivity contribution >= 4 is 5.91 Å². The molecule has 128 valence electrons. The maximum Gasteiger partial charge on any atom is 0.251 e. The number of rotatable bonds is 7. The first-order valence-electron chi connectivity index (χ1n) is 8.25. The van der Waals surface area contributed by atoms with Gasteiger partial charge in [0.25, 0.3) is 5.91 Å². The van der Waals surface area contributed by atoms with Crippen LogP contribution >= 0.6 is 0 Å². The largest absolute Gasteiger partial charge is 0.492 e. The first kappa shape index (κ1) is 16.8. The first-order valence-corrected chi connectivity index (χ1v) is 8.25. The molecule has 1 N–H and O–H groups in total. The zero-order chi connectivity index (χ0) is 17.5. The fraction of sp³-hybridized carbons (Fsp3) is 0.200. The minimum Gasteiger partial charge on any atom is -0.492 e. The predicted octanol–water partition coefficient (Wildman–Crippen LogP) is 3.05. The van der Waals surface area contributed by atoms with Crippen molar-refractivity contribution in [1.82, 2.24) is 15.1 Å². The van der Waals surface area contributed by atoms with Crippen LogP contribution in [0.3, 0.4) is 0 Å². The van der Waals surface area contributed by atoms with Gasteiger partial charge in [0.05, 0.1) is 13.1 Å². The van der Waals surface area contributed by atoms with Gasteiger partial charge >= 0.3 is 0 Å². The molecule has 0 spiro atoms. The molecule has 0 fully saturated rings. The van der Waals surface area contributed by atoms with E-state index in [1.165, 1.54) is 0 Å². The Morgan fingerprint density at radius 1 is 1.16 bits per heavy atom. The molecule has 2 aromatic carbocycles. The first-order chi connectivity index (χ1) is 12.2. The summed E-state index contributed by atoms with van der Waals surface area (Å²) < 4.78 is 7.47. The van der Waals surface area contributed by atoms with Crippen molar-refractivity contribution in [2.45, 2.75) is 13.5 Å². The van der Waals surface area contributed by atoms with E-state index in [1.54, 1.807) is 6.20 Å². The number of carbonyl (C=O) groups is 1. The topological polar surface area (TPSA) is 56.1 Å². The summed E-state index contributed by atoms with van der Waals surface area (Å²) in [4.78, 5) is 12.2. The lowest BCUT2D eigenvalue weighted by Gasteiger charge is -2.09. The summed E-state index contributed by atoms with van der Waals surface area (Å²) in [5, 5.41) is 7.04. The van der Waals surface area contributed by atoms with Crippen molar-refractivity contribution in [1.29, 1.82) is 0 Å². The molecule has 5 nitrogen and oxygen atoms in total. The molecular weight excluding hydrogens is 314 g/mol. The van der Waals surface area contributed by atoms with Gasteiger partial charge in [-0.2, -0.15) is 5.10 Å². The number of aromatic nitrogens is 2. The van der Waals surface area contributed by atoms with E-state index in [0.29, 0.717) is 25.3 Å². The van der Waals surface area contributed by atoms with Crippen molar-refractivity contribution in [3.8, 4) is 5.75 Å². The van der Waals surface area contributed by atoms with Crippen molar-refractivity contribution in [2.24, 2.45) is 0 Å². The molecule has 1 heterocycles. The van der Waals surface area contributed by atoms with Crippen LogP contribution in [0, 0.1) is 6.92 Å². The predicted molar refractivity (Wildman–Crippen MR) is 96.8 cm³/mol. The highest BCUT2D eigenvalue weighted by Crippen LogP contribution is 2.12. The second-order valence-electron chi connectivity index (χ2n) is 5.82. The van der Waals surface area contributed by atoms with E-state index in [4.69, 9.17) is 4.74 Å². The maximum atomic E-state index is 12.2. The molecular formula is C20H21N3O2. The Labute approximate surface area is 147 Å². The highest BCUT2D eigenvalue weighted by molar-refractivity contribution is 5.94. The highest BCUT2D eigenvalue weighted by Gasteiger charge is 2.05. The quantitative estimate of drug-likeness (QED) is 0.675. The minimum atomic E-state index is -0.0986. The van der Waals surface area contributed by atoms with Crippen LogP contribution < -0.4 is 10.1 Å². The number of carbonyl (C=O) groups excluding carboxylic acids is 1. The summed E-state index contributed by atoms with van der Waals surface area (Å²) in [6.07, 6.45) is 3.66. The molecule has 0 saturated carbocycles. The van der Waals surface area contributed by atoms with E-state index in [-0.39, 0.29) is 5.91 Å². The third kappa shape index (κ3) is 4.94. The number of hydrogen-bond acceptors (Lipinski definition) is 3. The average molecular weight is 335 g/mol. The Bertz CT molecular complexity index is 811. The Hall–Kier alpha value is -3.08. The summed E-state index contributed by atoms with van der Waals surface area (Å²) in [6, 6.07) is 17.3. The lowest BCUT2D eigenvalue weighted by molar-refractivity contribution is 0.0947. The van der Waals surface area contributed by atoms with Crippen LogP contribution in [0.2, 0.25) is 0 Å². The molecule has 0 unspecified atom stereocenters. The molecule has 25 heavy (non-hydrogen) atoms. The Kier molecular flexibility index (Phi) is 5.46. The number of ether oxygens (including phenoxy) is 1. The average Bonchev–Trinajstić information content (AvgIpc) is 3.12. The summed E-state index contributed by atoms with van der Waals surface area (Å²) in [5.41, 5.74) is 2.89. The maximum absolute atomic E-state index is 12.2. The SMILES string of the molecule is Cc1cccc(OCCNC(=O)c2ccc(Cn3cccn3)cc2)c1. The molecule has 0 aliphatic heterocycles. The molecule has 1 amide bonds. The zero-order valence-corrected chi connectivity index (χ0v) is 14.2. The van der Waals surface area contributed by atoms with Gasteiger partial charge in [-0.1, -0.05) is 24.3 Å². The molecule has 0 bridgehead atoms. The number of nitrogens with zero attached hydrogens (tertiary/aromatic N) is 2. The van der Waals surface area contributed by atoms with Crippen molar-refractivity contribution in [2.75, 3.05) is 13.2 Å². The second-order valence-corrected chi connectivity index (χ2v) is 5.82. The van der Waals surface area contributed by atoms with E-state index in [0.717, 1.165) is 16.9 Å². The van der Waals surface area contributed by atoms with E-state index < -0.39 is 0 Å². The lowest BCUT2D eigenvalue weighted by atomic mass is 10.1. The van der Waals surface area contributed by atoms with Crippen LogP contribution in [0.25, 0.3) is 0 Å². The molecule has 0 atom stereocenters. The minimum absolute atomic E-state index is 0.0986. The second kappa shape index (κ2) is 8.15. The summed E-state index contributed by atoms with van der Waals surface area (Å²) in [5.74, 6) is 0.718. The summed E-state index contributed by atoms with van der Waals surface area (Å²) in [7, 11) is 0. The van der Waals surface area contributed by atoms with Gasteiger partial charge in [0.15, 0.2) is 0 Å². The number of hydrogen-bond donors (Lipinski definition) is 1. The van der Waals surface area contributed by atoms with Gasteiger partial charge < -0.3 is 10.1 Å². The molecule has 3 aromatic rings. The fourth-order valence-electron chi connectivity index (χ4n) is 2.48. The zero-order valence-electron chi connectivity index (χ0n) is 14.2. The highest BCUT2D eigenvalue weighted by atomic mass is 16.5. The van der Waals surface area contributed by atoms with Crippen LogP contribution in [-0.4, -0.2) is 28.8 Å². The molecule has 5 heteroatoms. The van der Waals surface area contributed by atoms with Crippen molar-refractivity contribution < 1.29 is 9.53 Å². The van der Waals surface area contributed by atoms with Crippen LogP contribution in [0.4, 0.5) is 0 Å². The Balaban J connectivity index is 1.45. The molecule has 0 aliphatic rings. The third-order valence-electron chi connectivity index (χ3n) is 3.77. The van der Waals surface area contributed by atoms with Gasteiger partial charge in [-0.05, 0) is 48.4 Å². The number of amides is 1. The van der Waals surface area contributed by atoms with E-state index in [9.17, 15) is 4.79 Å².